The molecule has 0 bridgehead atoms. The Kier molecular flexibility index (Phi) is 3.38. The Morgan fingerprint density at radius 2 is 1.50 bits per heavy atom. The Balaban J connectivity index is 1.88. The van der Waals surface area contributed by atoms with Crippen LogP contribution in [0.1, 0.15) is 0 Å². The van der Waals surface area contributed by atoms with Crippen molar-refractivity contribution in [2.75, 3.05) is 5.73 Å². The first-order valence-electron chi connectivity index (χ1n) is 6.41. The fraction of sp³-hybridized carbons (Fsp3) is 0. The summed E-state index contributed by atoms with van der Waals surface area (Å²) < 4.78 is 5.81. The number of rotatable bonds is 3. The molecule has 0 atom stereocenters. The van der Waals surface area contributed by atoms with Gasteiger partial charge in [0.05, 0.1) is 0 Å². The summed E-state index contributed by atoms with van der Waals surface area (Å²) in [5.41, 5.74) is 8.61. The van der Waals surface area contributed by atoms with E-state index in [9.17, 15) is 0 Å². The SMILES string of the molecule is Nc1ccc(-c2c[c]cc(Oc3ccccc3)c2)cc1. The lowest BCUT2D eigenvalue weighted by molar-refractivity contribution is 0.483. The summed E-state index contributed by atoms with van der Waals surface area (Å²) >= 11 is 0. The number of ether oxygens (including phenoxy) is 1. The van der Waals surface area contributed by atoms with Crippen LogP contribution in [0.25, 0.3) is 11.1 Å². The summed E-state index contributed by atoms with van der Waals surface area (Å²) in [6.45, 7) is 0. The molecule has 2 N–H and O–H groups in total. The highest BCUT2D eigenvalue weighted by Crippen LogP contribution is 2.27. The summed E-state index contributed by atoms with van der Waals surface area (Å²) in [5.74, 6) is 1.58. The van der Waals surface area contributed by atoms with Crippen LogP contribution in [0.15, 0.2) is 72.8 Å². The largest absolute Gasteiger partial charge is 0.457 e. The zero-order valence-corrected chi connectivity index (χ0v) is 10.9. The minimum absolute atomic E-state index is 0.759. The van der Waals surface area contributed by atoms with Crippen LogP contribution in [0.3, 0.4) is 0 Å². The quantitative estimate of drug-likeness (QED) is 0.702. The van der Waals surface area contributed by atoms with Gasteiger partial charge in [-0.05, 0) is 59.7 Å². The first kappa shape index (κ1) is 12.3. The molecule has 3 aromatic rings. The Bertz CT molecular complexity index is 690. The van der Waals surface area contributed by atoms with Crippen LogP contribution in [0.5, 0.6) is 11.5 Å². The average Bonchev–Trinajstić information content (AvgIpc) is 2.49. The number of benzene rings is 3. The second-order valence-electron chi connectivity index (χ2n) is 4.49. The molecule has 0 aliphatic carbocycles. The smallest absolute Gasteiger partial charge is 0.128 e. The number of hydrogen-bond donors (Lipinski definition) is 1. The maximum absolute atomic E-state index is 5.81. The number of hydrogen-bond acceptors (Lipinski definition) is 2. The summed E-state index contributed by atoms with van der Waals surface area (Å²) in [6, 6.07) is 26.3. The van der Waals surface area contributed by atoms with Crippen molar-refractivity contribution < 1.29 is 4.74 Å². The van der Waals surface area contributed by atoms with Gasteiger partial charge in [-0.1, -0.05) is 30.3 Å². The maximum atomic E-state index is 5.81. The highest BCUT2D eigenvalue weighted by molar-refractivity contribution is 5.66. The molecule has 0 aliphatic heterocycles. The fourth-order valence-corrected chi connectivity index (χ4v) is 1.98. The minimum atomic E-state index is 0.759. The molecule has 20 heavy (non-hydrogen) atoms. The van der Waals surface area contributed by atoms with Gasteiger partial charge in [0.2, 0.25) is 0 Å². The van der Waals surface area contributed by atoms with Gasteiger partial charge in [0, 0.05) is 5.69 Å². The molecule has 1 radical (unpaired) electrons. The third-order valence-corrected chi connectivity index (χ3v) is 2.99. The monoisotopic (exact) mass is 260 g/mol. The average molecular weight is 260 g/mol. The molecule has 3 aromatic carbocycles. The molecule has 0 aromatic heterocycles. The number of para-hydroxylation sites is 1. The Hall–Kier alpha value is -2.74. The van der Waals surface area contributed by atoms with Crippen molar-refractivity contribution >= 4 is 5.69 Å². The molecule has 2 nitrogen and oxygen atoms in total. The lowest BCUT2D eigenvalue weighted by Crippen LogP contribution is -1.86. The molecular weight excluding hydrogens is 246 g/mol. The molecule has 0 saturated heterocycles. The second kappa shape index (κ2) is 5.49. The topological polar surface area (TPSA) is 35.2 Å². The van der Waals surface area contributed by atoms with E-state index in [1.54, 1.807) is 0 Å². The molecule has 0 heterocycles. The van der Waals surface area contributed by atoms with E-state index in [0.717, 1.165) is 28.3 Å². The van der Waals surface area contributed by atoms with Crippen LogP contribution in [0, 0.1) is 6.07 Å². The van der Waals surface area contributed by atoms with Crippen molar-refractivity contribution in [2.24, 2.45) is 0 Å². The van der Waals surface area contributed by atoms with E-state index in [1.165, 1.54) is 0 Å². The van der Waals surface area contributed by atoms with Crippen LogP contribution in [0.2, 0.25) is 0 Å². The van der Waals surface area contributed by atoms with Crippen LogP contribution >= 0.6 is 0 Å². The van der Waals surface area contributed by atoms with Crippen molar-refractivity contribution in [1.82, 2.24) is 0 Å². The van der Waals surface area contributed by atoms with E-state index in [-0.39, 0.29) is 0 Å². The van der Waals surface area contributed by atoms with E-state index >= 15 is 0 Å². The second-order valence-corrected chi connectivity index (χ2v) is 4.49. The molecule has 0 fully saturated rings. The summed E-state index contributed by atoms with van der Waals surface area (Å²) in [6.07, 6.45) is 0. The first-order valence-corrected chi connectivity index (χ1v) is 6.41. The standard InChI is InChI=1S/C18H14NO/c19-16-11-9-14(10-12-16)15-5-4-8-18(13-15)20-17-6-2-1-3-7-17/h1-3,5-13H,19H2. The van der Waals surface area contributed by atoms with Crippen molar-refractivity contribution in [3.63, 3.8) is 0 Å². The summed E-state index contributed by atoms with van der Waals surface area (Å²) in [4.78, 5) is 0. The van der Waals surface area contributed by atoms with E-state index in [0.29, 0.717) is 0 Å². The molecule has 2 heteroatoms. The summed E-state index contributed by atoms with van der Waals surface area (Å²) in [5, 5.41) is 0. The van der Waals surface area contributed by atoms with E-state index in [1.807, 2.05) is 72.8 Å². The first-order chi connectivity index (χ1) is 9.81. The Labute approximate surface area is 118 Å². The van der Waals surface area contributed by atoms with Crippen molar-refractivity contribution in [1.29, 1.82) is 0 Å². The highest BCUT2D eigenvalue weighted by atomic mass is 16.5. The zero-order valence-electron chi connectivity index (χ0n) is 10.9. The van der Waals surface area contributed by atoms with Crippen LogP contribution in [0.4, 0.5) is 5.69 Å². The van der Waals surface area contributed by atoms with Gasteiger partial charge in [0.1, 0.15) is 11.5 Å². The summed E-state index contributed by atoms with van der Waals surface area (Å²) in [7, 11) is 0. The van der Waals surface area contributed by atoms with Crippen molar-refractivity contribution in [3.8, 4) is 22.6 Å². The van der Waals surface area contributed by atoms with Crippen LogP contribution in [-0.4, -0.2) is 0 Å². The van der Waals surface area contributed by atoms with Gasteiger partial charge in [-0.3, -0.25) is 0 Å². The van der Waals surface area contributed by atoms with Crippen LogP contribution < -0.4 is 10.5 Å². The highest BCUT2D eigenvalue weighted by Gasteiger charge is 2.01. The molecule has 0 aliphatic rings. The number of nitrogen functional groups attached to an aromatic ring is 1. The Morgan fingerprint density at radius 3 is 2.25 bits per heavy atom. The van der Waals surface area contributed by atoms with Gasteiger partial charge in [0.25, 0.3) is 0 Å². The third-order valence-electron chi connectivity index (χ3n) is 2.99. The maximum Gasteiger partial charge on any atom is 0.128 e. The van der Waals surface area contributed by atoms with Crippen molar-refractivity contribution in [2.45, 2.75) is 0 Å². The van der Waals surface area contributed by atoms with E-state index in [2.05, 4.69) is 6.07 Å². The van der Waals surface area contributed by atoms with Gasteiger partial charge < -0.3 is 10.5 Å². The van der Waals surface area contributed by atoms with E-state index < -0.39 is 0 Å². The predicted molar refractivity (Wildman–Crippen MR) is 81.6 cm³/mol. The molecule has 0 saturated carbocycles. The third kappa shape index (κ3) is 2.81. The van der Waals surface area contributed by atoms with Gasteiger partial charge in [-0.2, -0.15) is 0 Å². The van der Waals surface area contributed by atoms with Gasteiger partial charge in [0.15, 0.2) is 0 Å². The normalized spacial score (nSPS) is 10.2. The van der Waals surface area contributed by atoms with Crippen LogP contribution in [-0.2, 0) is 0 Å². The predicted octanol–water partition coefficient (Wildman–Crippen LogP) is 4.53. The molecule has 3 rings (SSSR count). The molecule has 97 valence electrons. The van der Waals surface area contributed by atoms with Gasteiger partial charge >= 0.3 is 0 Å². The van der Waals surface area contributed by atoms with Gasteiger partial charge in [-0.25, -0.2) is 0 Å². The number of nitrogens with two attached hydrogens (primary N) is 1. The Morgan fingerprint density at radius 1 is 0.750 bits per heavy atom. The minimum Gasteiger partial charge on any atom is -0.457 e. The zero-order chi connectivity index (χ0) is 13.8. The van der Waals surface area contributed by atoms with E-state index in [4.69, 9.17) is 10.5 Å². The fourth-order valence-electron chi connectivity index (χ4n) is 1.98. The van der Waals surface area contributed by atoms with Gasteiger partial charge in [-0.15, -0.1) is 0 Å². The number of anilines is 1. The molecule has 0 spiro atoms. The molecule has 0 unspecified atom stereocenters. The lowest BCUT2D eigenvalue weighted by atomic mass is 10.1. The van der Waals surface area contributed by atoms with Crippen molar-refractivity contribution in [3.05, 3.63) is 78.9 Å². The lowest BCUT2D eigenvalue weighted by Gasteiger charge is -2.08. The molecule has 0 amide bonds. The molecular formula is C18H14NO.